The molecular formula is C12H9Br2ClN2O. The fourth-order valence-corrected chi connectivity index (χ4v) is 2.11. The van der Waals surface area contributed by atoms with Crippen molar-refractivity contribution in [3.05, 3.63) is 43.7 Å². The predicted octanol–water partition coefficient (Wildman–Crippen LogP) is 5.06. The van der Waals surface area contributed by atoms with Gasteiger partial charge in [0, 0.05) is 10.7 Å². The van der Waals surface area contributed by atoms with Crippen LogP contribution in [0.2, 0.25) is 5.28 Å². The van der Waals surface area contributed by atoms with Gasteiger partial charge >= 0.3 is 0 Å². The zero-order chi connectivity index (χ0) is 13.3. The van der Waals surface area contributed by atoms with Gasteiger partial charge in [-0.15, -0.1) is 0 Å². The Morgan fingerprint density at radius 1 is 1.17 bits per heavy atom. The molecular weight excluding hydrogens is 383 g/mol. The minimum atomic E-state index is 0.152. The van der Waals surface area contributed by atoms with Crippen LogP contribution in [-0.2, 0) is 0 Å². The molecule has 2 aromatic rings. The van der Waals surface area contributed by atoms with Crippen LogP contribution in [0.1, 0.15) is 11.1 Å². The molecule has 0 saturated carbocycles. The quantitative estimate of drug-likeness (QED) is 0.670. The van der Waals surface area contributed by atoms with Crippen LogP contribution in [0.25, 0.3) is 0 Å². The minimum Gasteiger partial charge on any atom is -0.438 e. The molecule has 1 aromatic heterocycles. The molecule has 0 spiro atoms. The Kier molecular flexibility index (Phi) is 4.25. The van der Waals surface area contributed by atoms with Gasteiger partial charge in [-0.05, 0) is 64.6 Å². The molecule has 1 heterocycles. The molecule has 3 nitrogen and oxygen atoms in total. The average molecular weight is 392 g/mol. The zero-order valence-electron chi connectivity index (χ0n) is 9.67. The molecule has 0 fully saturated rings. The SMILES string of the molecule is Cc1cc(Oc2nc(Cl)ncc2Br)cc(C)c1Br. The maximum absolute atomic E-state index is 5.74. The molecule has 0 aliphatic rings. The normalized spacial score (nSPS) is 10.5. The highest BCUT2D eigenvalue weighted by Gasteiger charge is 2.09. The molecule has 6 heteroatoms. The maximum Gasteiger partial charge on any atom is 0.237 e. The van der Waals surface area contributed by atoms with Crippen LogP contribution in [-0.4, -0.2) is 9.97 Å². The Morgan fingerprint density at radius 3 is 2.39 bits per heavy atom. The summed E-state index contributed by atoms with van der Waals surface area (Å²) in [5.74, 6) is 1.11. The number of halogens is 3. The van der Waals surface area contributed by atoms with Crippen molar-refractivity contribution in [2.45, 2.75) is 13.8 Å². The lowest BCUT2D eigenvalue weighted by atomic mass is 10.1. The molecule has 2 rings (SSSR count). The number of benzene rings is 1. The van der Waals surface area contributed by atoms with E-state index in [4.69, 9.17) is 16.3 Å². The second kappa shape index (κ2) is 5.55. The van der Waals surface area contributed by atoms with Crippen LogP contribution in [0.5, 0.6) is 11.6 Å². The highest BCUT2D eigenvalue weighted by Crippen LogP contribution is 2.31. The van der Waals surface area contributed by atoms with Crippen molar-refractivity contribution in [3.8, 4) is 11.6 Å². The van der Waals surface area contributed by atoms with Gasteiger partial charge in [-0.1, -0.05) is 15.9 Å². The number of aromatic nitrogens is 2. The standard InChI is InChI=1S/C12H9Br2ClN2O/c1-6-3-8(4-7(2)10(6)14)18-11-9(13)5-16-12(15)17-11/h3-5H,1-2H3. The molecule has 0 N–H and O–H groups in total. The molecule has 0 aliphatic carbocycles. The zero-order valence-corrected chi connectivity index (χ0v) is 13.6. The van der Waals surface area contributed by atoms with Crippen molar-refractivity contribution in [2.75, 3.05) is 0 Å². The van der Waals surface area contributed by atoms with Gasteiger partial charge in [-0.3, -0.25) is 0 Å². The fraction of sp³-hybridized carbons (Fsp3) is 0.167. The van der Waals surface area contributed by atoms with E-state index in [9.17, 15) is 0 Å². The van der Waals surface area contributed by atoms with E-state index >= 15 is 0 Å². The Balaban J connectivity index is 2.37. The summed E-state index contributed by atoms with van der Waals surface area (Å²) in [6.45, 7) is 4.01. The van der Waals surface area contributed by atoms with Crippen LogP contribution < -0.4 is 4.74 Å². The Bertz CT molecular complexity index is 582. The Morgan fingerprint density at radius 2 is 1.78 bits per heavy atom. The molecule has 0 saturated heterocycles. The first-order valence-electron chi connectivity index (χ1n) is 5.10. The van der Waals surface area contributed by atoms with Gasteiger partial charge < -0.3 is 4.74 Å². The van der Waals surface area contributed by atoms with Crippen LogP contribution in [0.3, 0.4) is 0 Å². The third-order valence-electron chi connectivity index (χ3n) is 2.31. The molecule has 18 heavy (non-hydrogen) atoms. The smallest absolute Gasteiger partial charge is 0.237 e. The lowest BCUT2D eigenvalue weighted by molar-refractivity contribution is 0.457. The van der Waals surface area contributed by atoms with Crippen molar-refractivity contribution in [3.63, 3.8) is 0 Å². The molecule has 0 unspecified atom stereocenters. The van der Waals surface area contributed by atoms with Crippen LogP contribution in [0.15, 0.2) is 27.3 Å². The summed E-state index contributed by atoms with van der Waals surface area (Å²) in [4.78, 5) is 7.87. The molecule has 0 aliphatic heterocycles. The molecule has 0 atom stereocenters. The lowest BCUT2D eigenvalue weighted by Gasteiger charge is -2.10. The number of hydrogen-bond acceptors (Lipinski definition) is 3. The first-order chi connectivity index (χ1) is 8.47. The Hall–Kier alpha value is -0.650. The van der Waals surface area contributed by atoms with E-state index in [0.29, 0.717) is 16.1 Å². The average Bonchev–Trinajstić information content (AvgIpc) is 2.31. The highest BCUT2D eigenvalue weighted by atomic mass is 79.9. The summed E-state index contributed by atoms with van der Waals surface area (Å²) < 4.78 is 7.44. The van der Waals surface area contributed by atoms with E-state index in [-0.39, 0.29) is 5.28 Å². The summed E-state index contributed by atoms with van der Waals surface area (Å²) >= 11 is 12.6. The van der Waals surface area contributed by atoms with Gasteiger partial charge in [0.15, 0.2) is 0 Å². The number of aryl methyl sites for hydroxylation is 2. The predicted molar refractivity (Wildman–Crippen MR) is 78.4 cm³/mol. The third kappa shape index (κ3) is 3.02. The van der Waals surface area contributed by atoms with Crippen molar-refractivity contribution in [1.29, 1.82) is 0 Å². The highest BCUT2D eigenvalue weighted by molar-refractivity contribution is 9.10. The second-order valence-electron chi connectivity index (χ2n) is 3.77. The van der Waals surface area contributed by atoms with E-state index in [0.717, 1.165) is 15.6 Å². The summed E-state index contributed by atoms with van der Waals surface area (Å²) in [7, 11) is 0. The summed E-state index contributed by atoms with van der Waals surface area (Å²) in [6.07, 6.45) is 1.56. The molecule has 94 valence electrons. The van der Waals surface area contributed by atoms with E-state index in [1.165, 1.54) is 0 Å². The first-order valence-corrected chi connectivity index (χ1v) is 7.06. The maximum atomic E-state index is 5.74. The van der Waals surface area contributed by atoms with Gasteiger partial charge in [0.05, 0.1) is 4.47 Å². The topological polar surface area (TPSA) is 35.0 Å². The van der Waals surface area contributed by atoms with Crippen molar-refractivity contribution >= 4 is 43.5 Å². The van der Waals surface area contributed by atoms with E-state index in [1.54, 1.807) is 6.20 Å². The van der Waals surface area contributed by atoms with Gasteiger partial charge in [0.25, 0.3) is 0 Å². The largest absolute Gasteiger partial charge is 0.438 e. The first kappa shape index (κ1) is 13.8. The number of nitrogens with zero attached hydrogens (tertiary/aromatic N) is 2. The van der Waals surface area contributed by atoms with Gasteiger partial charge in [0.2, 0.25) is 11.2 Å². The number of ether oxygens (including phenoxy) is 1. The van der Waals surface area contributed by atoms with Crippen molar-refractivity contribution in [2.24, 2.45) is 0 Å². The fourth-order valence-electron chi connectivity index (χ4n) is 1.48. The van der Waals surface area contributed by atoms with Gasteiger partial charge in [-0.2, -0.15) is 4.98 Å². The van der Waals surface area contributed by atoms with Crippen LogP contribution in [0.4, 0.5) is 0 Å². The molecule has 0 radical (unpaired) electrons. The number of hydrogen-bond donors (Lipinski definition) is 0. The van der Waals surface area contributed by atoms with Crippen molar-refractivity contribution in [1.82, 2.24) is 9.97 Å². The van der Waals surface area contributed by atoms with E-state index < -0.39 is 0 Å². The monoisotopic (exact) mass is 390 g/mol. The van der Waals surface area contributed by atoms with Gasteiger partial charge in [0.1, 0.15) is 5.75 Å². The molecule has 0 amide bonds. The minimum absolute atomic E-state index is 0.152. The Labute approximate surface area is 127 Å². The summed E-state index contributed by atoms with van der Waals surface area (Å²) in [5, 5.41) is 0.152. The van der Waals surface area contributed by atoms with Crippen LogP contribution in [0, 0.1) is 13.8 Å². The number of rotatable bonds is 2. The van der Waals surface area contributed by atoms with Gasteiger partial charge in [-0.25, -0.2) is 4.98 Å². The summed E-state index contributed by atoms with van der Waals surface area (Å²) in [5.41, 5.74) is 2.20. The third-order valence-corrected chi connectivity index (χ3v) is 4.28. The molecule has 1 aromatic carbocycles. The van der Waals surface area contributed by atoms with Crippen LogP contribution >= 0.6 is 43.5 Å². The summed E-state index contributed by atoms with van der Waals surface area (Å²) in [6, 6.07) is 3.86. The molecule has 0 bridgehead atoms. The van der Waals surface area contributed by atoms with E-state index in [1.807, 2.05) is 26.0 Å². The van der Waals surface area contributed by atoms with E-state index in [2.05, 4.69) is 41.8 Å². The van der Waals surface area contributed by atoms with Crippen molar-refractivity contribution < 1.29 is 4.74 Å². The second-order valence-corrected chi connectivity index (χ2v) is 5.75. The lowest BCUT2D eigenvalue weighted by Crippen LogP contribution is -1.93.